The van der Waals surface area contributed by atoms with Gasteiger partial charge in [0.1, 0.15) is 5.01 Å². The molecule has 0 fully saturated rings. The smallest absolute Gasteiger partial charge is 0.112 e. The van der Waals surface area contributed by atoms with E-state index >= 15 is 0 Å². The molecule has 2 rings (SSSR count). The van der Waals surface area contributed by atoms with E-state index in [1.165, 1.54) is 9.26 Å². The summed E-state index contributed by atoms with van der Waals surface area (Å²) in [7, 11) is 0. The van der Waals surface area contributed by atoms with Crippen molar-refractivity contribution in [1.82, 2.24) is 4.98 Å². The van der Waals surface area contributed by atoms with Crippen LogP contribution in [-0.4, -0.2) is 4.98 Å². The number of halogens is 1. The molecule has 0 amide bonds. The maximum Gasteiger partial charge on any atom is 0.112 e. The standard InChI is InChI=1S/C14H17IN2S/c1-14(2,3)12-9-18-13(17-12)8-16-11-6-4-5-10(15)7-11/h4-7,9,16H,8H2,1-3H3. The van der Waals surface area contributed by atoms with Crippen LogP contribution >= 0.6 is 33.9 Å². The number of anilines is 1. The molecule has 0 bridgehead atoms. The van der Waals surface area contributed by atoms with E-state index in [1.54, 1.807) is 11.3 Å². The minimum absolute atomic E-state index is 0.136. The third-order valence-electron chi connectivity index (χ3n) is 2.59. The number of hydrogen-bond donors (Lipinski definition) is 1. The van der Waals surface area contributed by atoms with Crippen LogP contribution in [0.1, 0.15) is 31.5 Å². The van der Waals surface area contributed by atoms with E-state index in [0.717, 1.165) is 17.2 Å². The summed E-state index contributed by atoms with van der Waals surface area (Å²) in [5.41, 5.74) is 2.46. The highest BCUT2D eigenvalue weighted by Crippen LogP contribution is 2.24. The summed E-state index contributed by atoms with van der Waals surface area (Å²) in [6.45, 7) is 7.37. The average Bonchev–Trinajstić information content (AvgIpc) is 2.74. The topological polar surface area (TPSA) is 24.9 Å². The fourth-order valence-electron chi connectivity index (χ4n) is 1.51. The zero-order valence-corrected chi connectivity index (χ0v) is 13.8. The van der Waals surface area contributed by atoms with Crippen molar-refractivity contribution < 1.29 is 0 Å². The van der Waals surface area contributed by atoms with E-state index in [1.807, 2.05) is 0 Å². The molecule has 1 heterocycles. The van der Waals surface area contributed by atoms with Crippen molar-refractivity contribution in [1.29, 1.82) is 0 Å². The van der Waals surface area contributed by atoms with Gasteiger partial charge in [0.15, 0.2) is 0 Å². The monoisotopic (exact) mass is 372 g/mol. The highest BCUT2D eigenvalue weighted by atomic mass is 127. The van der Waals surface area contributed by atoms with E-state index in [0.29, 0.717) is 0 Å². The molecule has 0 aliphatic heterocycles. The predicted molar refractivity (Wildman–Crippen MR) is 87.3 cm³/mol. The first-order valence-corrected chi connectivity index (χ1v) is 7.85. The number of aromatic nitrogens is 1. The fraction of sp³-hybridized carbons (Fsp3) is 0.357. The Morgan fingerprint density at radius 3 is 2.72 bits per heavy atom. The van der Waals surface area contributed by atoms with Gasteiger partial charge in [0, 0.05) is 20.1 Å². The van der Waals surface area contributed by atoms with Crippen LogP contribution < -0.4 is 5.32 Å². The van der Waals surface area contributed by atoms with Crippen molar-refractivity contribution in [2.75, 3.05) is 5.32 Å². The molecule has 1 N–H and O–H groups in total. The molecule has 0 saturated carbocycles. The van der Waals surface area contributed by atoms with Crippen molar-refractivity contribution in [2.45, 2.75) is 32.7 Å². The average molecular weight is 372 g/mol. The summed E-state index contributed by atoms with van der Waals surface area (Å²) in [6, 6.07) is 8.37. The fourth-order valence-corrected chi connectivity index (χ4v) is 3.02. The summed E-state index contributed by atoms with van der Waals surface area (Å²) >= 11 is 4.05. The second-order valence-electron chi connectivity index (χ2n) is 5.24. The Hall–Kier alpha value is -0.620. The molecule has 0 aliphatic rings. The maximum atomic E-state index is 4.67. The van der Waals surface area contributed by atoms with Gasteiger partial charge in [-0.15, -0.1) is 11.3 Å². The molecule has 1 aromatic carbocycles. The molecule has 4 heteroatoms. The highest BCUT2D eigenvalue weighted by molar-refractivity contribution is 14.1. The third-order valence-corrected chi connectivity index (χ3v) is 4.11. The lowest BCUT2D eigenvalue weighted by atomic mass is 9.93. The predicted octanol–water partition coefficient (Wildman–Crippen LogP) is 4.66. The van der Waals surface area contributed by atoms with Crippen molar-refractivity contribution in [3.8, 4) is 0 Å². The van der Waals surface area contributed by atoms with Crippen molar-refractivity contribution >= 4 is 39.6 Å². The molecular weight excluding hydrogens is 355 g/mol. The highest BCUT2D eigenvalue weighted by Gasteiger charge is 2.17. The molecule has 0 aliphatic carbocycles. The molecule has 0 radical (unpaired) electrons. The Bertz CT molecular complexity index is 529. The number of hydrogen-bond acceptors (Lipinski definition) is 3. The Morgan fingerprint density at radius 2 is 2.11 bits per heavy atom. The van der Waals surface area contributed by atoms with Gasteiger partial charge in [0.2, 0.25) is 0 Å². The first-order chi connectivity index (χ1) is 8.45. The van der Waals surface area contributed by atoms with Gasteiger partial charge in [0.05, 0.1) is 12.2 Å². The lowest BCUT2D eigenvalue weighted by Crippen LogP contribution is -2.11. The number of nitrogens with zero attached hydrogens (tertiary/aromatic N) is 1. The number of thiazole rings is 1. The van der Waals surface area contributed by atoms with Crippen LogP contribution in [0.3, 0.4) is 0 Å². The summed E-state index contributed by atoms with van der Waals surface area (Å²) in [5.74, 6) is 0. The summed E-state index contributed by atoms with van der Waals surface area (Å²) in [5, 5.41) is 6.71. The minimum atomic E-state index is 0.136. The second kappa shape index (κ2) is 5.57. The molecule has 18 heavy (non-hydrogen) atoms. The Morgan fingerprint density at radius 1 is 1.33 bits per heavy atom. The van der Waals surface area contributed by atoms with E-state index in [9.17, 15) is 0 Å². The lowest BCUT2D eigenvalue weighted by molar-refractivity contribution is 0.571. The van der Waals surface area contributed by atoms with Crippen LogP contribution in [0.25, 0.3) is 0 Å². The van der Waals surface area contributed by atoms with Gasteiger partial charge < -0.3 is 5.32 Å². The van der Waals surface area contributed by atoms with Crippen molar-refractivity contribution in [3.63, 3.8) is 0 Å². The number of benzene rings is 1. The molecule has 0 spiro atoms. The van der Waals surface area contributed by atoms with Gasteiger partial charge in [-0.25, -0.2) is 4.98 Å². The van der Waals surface area contributed by atoms with Gasteiger partial charge in [-0.3, -0.25) is 0 Å². The van der Waals surface area contributed by atoms with Crippen LogP contribution in [0.4, 0.5) is 5.69 Å². The SMILES string of the molecule is CC(C)(C)c1csc(CNc2cccc(I)c2)n1. The molecule has 0 saturated heterocycles. The van der Waals surface area contributed by atoms with Gasteiger partial charge in [-0.05, 0) is 40.8 Å². The van der Waals surface area contributed by atoms with E-state index in [2.05, 4.69) is 83.3 Å². The van der Waals surface area contributed by atoms with Crippen LogP contribution in [0.15, 0.2) is 29.6 Å². The van der Waals surface area contributed by atoms with Gasteiger partial charge >= 0.3 is 0 Å². The van der Waals surface area contributed by atoms with Crippen LogP contribution in [0.5, 0.6) is 0 Å². The summed E-state index contributed by atoms with van der Waals surface area (Å²) < 4.78 is 1.24. The normalized spacial score (nSPS) is 11.6. The minimum Gasteiger partial charge on any atom is -0.378 e. The summed E-state index contributed by atoms with van der Waals surface area (Å²) in [6.07, 6.45) is 0. The largest absolute Gasteiger partial charge is 0.378 e. The zero-order chi connectivity index (χ0) is 13.2. The molecular formula is C14H17IN2S. The van der Waals surface area contributed by atoms with Crippen LogP contribution in [0.2, 0.25) is 0 Å². The van der Waals surface area contributed by atoms with Crippen LogP contribution in [-0.2, 0) is 12.0 Å². The number of nitrogens with one attached hydrogen (secondary N) is 1. The van der Waals surface area contributed by atoms with Gasteiger partial charge in [0.25, 0.3) is 0 Å². The molecule has 1 aromatic heterocycles. The van der Waals surface area contributed by atoms with Crippen molar-refractivity contribution in [3.05, 3.63) is 43.9 Å². The molecule has 0 atom stereocenters. The van der Waals surface area contributed by atoms with Crippen molar-refractivity contribution in [2.24, 2.45) is 0 Å². The Kier molecular flexibility index (Phi) is 4.27. The van der Waals surface area contributed by atoms with Gasteiger partial charge in [-0.1, -0.05) is 26.8 Å². The Labute approximate surface area is 126 Å². The van der Waals surface area contributed by atoms with Gasteiger partial charge in [-0.2, -0.15) is 0 Å². The quantitative estimate of drug-likeness (QED) is 0.793. The second-order valence-corrected chi connectivity index (χ2v) is 7.43. The molecule has 2 nitrogen and oxygen atoms in total. The van der Waals surface area contributed by atoms with E-state index in [4.69, 9.17) is 0 Å². The lowest BCUT2D eigenvalue weighted by Gasteiger charge is -2.14. The molecule has 96 valence electrons. The third kappa shape index (κ3) is 3.68. The first kappa shape index (κ1) is 13.8. The first-order valence-electron chi connectivity index (χ1n) is 5.89. The zero-order valence-electron chi connectivity index (χ0n) is 10.8. The van der Waals surface area contributed by atoms with E-state index in [-0.39, 0.29) is 5.41 Å². The molecule has 0 unspecified atom stereocenters. The number of rotatable bonds is 3. The van der Waals surface area contributed by atoms with Crippen LogP contribution in [0, 0.1) is 3.57 Å². The summed E-state index contributed by atoms with van der Waals surface area (Å²) in [4.78, 5) is 4.67. The Balaban J connectivity index is 2.01. The van der Waals surface area contributed by atoms with E-state index < -0.39 is 0 Å². The molecule has 2 aromatic rings. The maximum absolute atomic E-state index is 4.67.